The van der Waals surface area contributed by atoms with E-state index in [1.807, 2.05) is 0 Å². The molecule has 2 aromatic rings. The topological polar surface area (TPSA) is 9.23 Å². The van der Waals surface area contributed by atoms with Gasteiger partial charge in [0.05, 0.1) is 6.61 Å². The third-order valence-corrected chi connectivity index (χ3v) is 6.56. The van der Waals surface area contributed by atoms with Gasteiger partial charge in [-0.25, -0.2) is 17.6 Å². The van der Waals surface area contributed by atoms with Crippen LogP contribution in [0.5, 0.6) is 0 Å². The summed E-state index contributed by atoms with van der Waals surface area (Å²) in [6.07, 6.45) is 1.72. The summed E-state index contributed by atoms with van der Waals surface area (Å²) in [6.45, 7) is 1.33. The van der Waals surface area contributed by atoms with E-state index in [-0.39, 0.29) is 11.5 Å². The van der Waals surface area contributed by atoms with Crippen molar-refractivity contribution in [2.75, 3.05) is 0 Å². The minimum Gasteiger partial charge on any atom is -0.313 e. The summed E-state index contributed by atoms with van der Waals surface area (Å²) < 4.78 is 87.6. The molecule has 0 bridgehead atoms. The Kier molecular flexibility index (Phi) is 8.85. The maximum atomic E-state index is 14.6. The lowest BCUT2D eigenvalue weighted by atomic mass is 9.77. The summed E-state index contributed by atoms with van der Waals surface area (Å²) in [5.41, 5.74) is -0.0515. The maximum absolute atomic E-state index is 14.6. The molecular weight excluding hydrogens is 442 g/mol. The SMILES string of the molecule is CCCCCC1CCC(c2ccc(COC(F)(F)C(F)c3ccc(F)c(F)c3)c(F)c2)CC1. The lowest BCUT2D eigenvalue weighted by molar-refractivity contribution is -0.282. The second-order valence-corrected chi connectivity index (χ2v) is 8.95. The first-order valence-corrected chi connectivity index (χ1v) is 11.6. The normalized spacial score (nSPS) is 20.1. The fourth-order valence-electron chi connectivity index (χ4n) is 4.51. The Labute approximate surface area is 191 Å². The molecule has 182 valence electrons. The van der Waals surface area contributed by atoms with Crippen LogP contribution in [0.25, 0.3) is 0 Å². The molecule has 3 rings (SSSR count). The van der Waals surface area contributed by atoms with Crippen molar-refractivity contribution in [1.29, 1.82) is 0 Å². The van der Waals surface area contributed by atoms with Gasteiger partial charge in [0, 0.05) is 5.56 Å². The Morgan fingerprint density at radius 1 is 0.909 bits per heavy atom. The highest BCUT2D eigenvalue weighted by molar-refractivity contribution is 5.27. The zero-order valence-corrected chi connectivity index (χ0v) is 18.7. The van der Waals surface area contributed by atoms with E-state index in [2.05, 4.69) is 11.7 Å². The predicted molar refractivity (Wildman–Crippen MR) is 115 cm³/mol. The molecule has 1 saturated carbocycles. The van der Waals surface area contributed by atoms with E-state index < -0.39 is 41.9 Å². The Balaban J connectivity index is 1.56. The Morgan fingerprint density at radius 2 is 1.64 bits per heavy atom. The van der Waals surface area contributed by atoms with Crippen molar-refractivity contribution in [3.8, 4) is 0 Å². The van der Waals surface area contributed by atoms with Crippen LogP contribution in [-0.4, -0.2) is 6.11 Å². The van der Waals surface area contributed by atoms with Gasteiger partial charge in [0.15, 0.2) is 11.6 Å². The first kappa shape index (κ1) is 25.6. The van der Waals surface area contributed by atoms with Gasteiger partial charge in [0.25, 0.3) is 0 Å². The van der Waals surface area contributed by atoms with Crippen molar-refractivity contribution in [2.45, 2.75) is 83.1 Å². The molecular formula is C26H30F6O. The summed E-state index contributed by atoms with van der Waals surface area (Å²) in [6, 6.07) is 6.08. The van der Waals surface area contributed by atoms with Gasteiger partial charge in [0.1, 0.15) is 5.82 Å². The second kappa shape index (κ2) is 11.4. The zero-order chi connectivity index (χ0) is 24.0. The second-order valence-electron chi connectivity index (χ2n) is 8.95. The van der Waals surface area contributed by atoms with E-state index in [0.29, 0.717) is 18.2 Å². The Morgan fingerprint density at radius 3 is 2.27 bits per heavy atom. The number of halogens is 6. The lowest BCUT2D eigenvalue weighted by Gasteiger charge is -2.29. The largest absolute Gasteiger partial charge is 0.391 e. The molecule has 1 fully saturated rings. The molecule has 7 heteroatoms. The minimum atomic E-state index is -4.34. The monoisotopic (exact) mass is 472 g/mol. The molecule has 1 nitrogen and oxygen atoms in total. The third-order valence-electron chi connectivity index (χ3n) is 6.56. The molecule has 2 aromatic carbocycles. The van der Waals surface area contributed by atoms with Gasteiger partial charge in [0.2, 0.25) is 6.17 Å². The van der Waals surface area contributed by atoms with Gasteiger partial charge in [-0.15, -0.1) is 0 Å². The van der Waals surface area contributed by atoms with Crippen molar-refractivity contribution >= 4 is 0 Å². The fraction of sp³-hybridized carbons (Fsp3) is 0.538. The molecule has 1 aliphatic rings. The van der Waals surface area contributed by atoms with Crippen LogP contribution in [0, 0.1) is 23.4 Å². The first-order chi connectivity index (χ1) is 15.7. The minimum absolute atomic E-state index is 0.121. The number of rotatable bonds is 10. The van der Waals surface area contributed by atoms with E-state index in [1.54, 1.807) is 6.07 Å². The first-order valence-electron chi connectivity index (χ1n) is 11.6. The van der Waals surface area contributed by atoms with Gasteiger partial charge in [-0.3, -0.25) is 0 Å². The number of ether oxygens (including phenoxy) is 1. The van der Waals surface area contributed by atoms with Gasteiger partial charge < -0.3 is 4.74 Å². The number of unbranched alkanes of at least 4 members (excludes halogenated alkanes) is 2. The standard InChI is InChI=1S/C26H30F6O/c1-2-3-4-5-17-6-8-18(9-7-17)19-10-11-21(23(28)14-19)16-33-26(31,32)25(30)20-12-13-22(27)24(29)15-20/h10-15,17-18,25H,2-9,16H2,1H3. The quantitative estimate of drug-likeness (QED) is 0.248. The highest BCUT2D eigenvalue weighted by atomic mass is 19.3. The Bertz CT molecular complexity index is 908. The highest BCUT2D eigenvalue weighted by Crippen LogP contribution is 2.39. The number of benzene rings is 2. The van der Waals surface area contributed by atoms with Crippen LogP contribution >= 0.6 is 0 Å². The van der Waals surface area contributed by atoms with Gasteiger partial charge in [-0.05, 0) is 66.8 Å². The molecule has 0 radical (unpaired) electrons. The summed E-state index contributed by atoms with van der Waals surface area (Å²) in [7, 11) is 0. The van der Waals surface area contributed by atoms with Crippen LogP contribution in [0.1, 0.15) is 87.1 Å². The third kappa shape index (κ3) is 6.75. The van der Waals surface area contributed by atoms with E-state index >= 15 is 0 Å². The molecule has 1 unspecified atom stereocenters. The highest BCUT2D eigenvalue weighted by Gasteiger charge is 2.43. The molecule has 0 amide bonds. The fourth-order valence-corrected chi connectivity index (χ4v) is 4.51. The summed E-state index contributed by atoms with van der Waals surface area (Å²) in [5.74, 6) is -2.45. The van der Waals surface area contributed by atoms with Gasteiger partial charge >= 0.3 is 6.11 Å². The molecule has 1 aliphatic carbocycles. The molecule has 0 spiro atoms. The maximum Gasteiger partial charge on any atom is 0.391 e. The lowest BCUT2D eigenvalue weighted by Crippen LogP contribution is -2.27. The molecule has 33 heavy (non-hydrogen) atoms. The molecule has 0 N–H and O–H groups in total. The predicted octanol–water partition coefficient (Wildman–Crippen LogP) is 8.78. The number of alkyl halides is 3. The smallest absolute Gasteiger partial charge is 0.313 e. The van der Waals surface area contributed by atoms with Crippen LogP contribution < -0.4 is 0 Å². The van der Waals surface area contributed by atoms with Crippen molar-refractivity contribution in [3.63, 3.8) is 0 Å². The van der Waals surface area contributed by atoms with Crippen molar-refractivity contribution in [1.82, 2.24) is 0 Å². The van der Waals surface area contributed by atoms with Gasteiger partial charge in [-0.2, -0.15) is 8.78 Å². The van der Waals surface area contributed by atoms with Crippen LogP contribution in [0.15, 0.2) is 36.4 Å². The molecule has 0 heterocycles. The molecule has 0 saturated heterocycles. The van der Waals surface area contributed by atoms with Crippen LogP contribution in [0.4, 0.5) is 26.3 Å². The van der Waals surface area contributed by atoms with Crippen molar-refractivity contribution < 1.29 is 31.1 Å². The zero-order valence-electron chi connectivity index (χ0n) is 18.7. The number of hydrogen-bond donors (Lipinski definition) is 0. The molecule has 0 aromatic heterocycles. The van der Waals surface area contributed by atoms with E-state index in [4.69, 9.17) is 0 Å². The Hall–Kier alpha value is -2.02. The average Bonchev–Trinajstić information content (AvgIpc) is 2.80. The van der Waals surface area contributed by atoms with Crippen molar-refractivity contribution in [2.24, 2.45) is 5.92 Å². The van der Waals surface area contributed by atoms with E-state index in [9.17, 15) is 26.3 Å². The summed E-state index contributed by atoms with van der Waals surface area (Å²) in [4.78, 5) is 0. The summed E-state index contributed by atoms with van der Waals surface area (Å²) in [5, 5.41) is 0. The van der Waals surface area contributed by atoms with Crippen LogP contribution in [-0.2, 0) is 11.3 Å². The van der Waals surface area contributed by atoms with Gasteiger partial charge in [-0.1, -0.05) is 50.8 Å². The van der Waals surface area contributed by atoms with Crippen molar-refractivity contribution in [3.05, 3.63) is 70.5 Å². The number of hydrogen-bond acceptors (Lipinski definition) is 1. The molecule has 1 atom stereocenters. The van der Waals surface area contributed by atoms with Crippen LogP contribution in [0.3, 0.4) is 0 Å². The average molecular weight is 473 g/mol. The van der Waals surface area contributed by atoms with Crippen LogP contribution in [0.2, 0.25) is 0 Å². The van der Waals surface area contributed by atoms with E-state index in [1.165, 1.54) is 37.8 Å². The molecule has 0 aliphatic heterocycles. The van der Waals surface area contributed by atoms with E-state index in [0.717, 1.165) is 37.2 Å². The summed E-state index contributed by atoms with van der Waals surface area (Å²) >= 11 is 0.